The first kappa shape index (κ1) is 13.5. The fourth-order valence-corrected chi connectivity index (χ4v) is 2.54. The molecule has 0 fully saturated rings. The largest absolute Gasteiger partial charge is 0.460 e. The number of aromatic nitrogens is 2. The van der Waals surface area contributed by atoms with E-state index >= 15 is 0 Å². The van der Waals surface area contributed by atoms with Crippen LogP contribution in [0.3, 0.4) is 0 Å². The van der Waals surface area contributed by atoms with Gasteiger partial charge in [0.05, 0.1) is 20.9 Å². The molecule has 2 aromatic heterocycles. The van der Waals surface area contributed by atoms with Gasteiger partial charge in [-0.15, -0.1) is 0 Å². The molecular formula is C12H13Br2N3O. The number of hydrogen-bond donors (Lipinski definition) is 1. The Morgan fingerprint density at radius 1 is 1.28 bits per heavy atom. The molecule has 6 heteroatoms. The lowest BCUT2D eigenvalue weighted by atomic mass is 10.3. The van der Waals surface area contributed by atoms with Crippen LogP contribution in [0, 0.1) is 0 Å². The first-order chi connectivity index (χ1) is 8.67. The van der Waals surface area contributed by atoms with E-state index in [2.05, 4.69) is 54.1 Å². The lowest BCUT2D eigenvalue weighted by molar-refractivity contribution is 0.575. The SMILES string of the molecule is CCNc1nc(-c2occc2Br)nc(CC)c1Br. The molecule has 2 heterocycles. The summed E-state index contributed by atoms with van der Waals surface area (Å²) in [4.78, 5) is 9.00. The summed E-state index contributed by atoms with van der Waals surface area (Å²) in [7, 11) is 0. The minimum absolute atomic E-state index is 0.586. The van der Waals surface area contributed by atoms with Crippen LogP contribution in [0.5, 0.6) is 0 Å². The Morgan fingerprint density at radius 2 is 2.06 bits per heavy atom. The van der Waals surface area contributed by atoms with Crippen LogP contribution in [0.1, 0.15) is 19.5 Å². The first-order valence-electron chi connectivity index (χ1n) is 5.71. The van der Waals surface area contributed by atoms with Crippen LogP contribution in [0.4, 0.5) is 5.82 Å². The molecule has 0 unspecified atom stereocenters. The Labute approximate surface area is 122 Å². The van der Waals surface area contributed by atoms with Gasteiger partial charge in [0.2, 0.25) is 0 Å². The van der Waals surface area contributed by atoms with Crippen molar-refractivity contribution in [2.45, 2.75) is 20.3 Å². The molecule has 4 nitrogen and oxygen atoms in total. The van der Waals surface area contributed by atoms with E-state index in [1.165, 1.54) is 0 Å². The van der Waals surface area contributed by atoms with Crippen LogP contribution in [-0.2, 0) is 6.42 Å². The van der Waals surface area contributed by atoms with Gasteiger partial charge in [-0.1, -0.05) is 6.92 Å². The maximum absolute atomic E-state index is 5.41. The van der Waals surface area contributed by atoms with E-state index in [9.17, 15) is 0 Å². The van der Waals surface area contributed by atoms with Crippen LogP contribution >= 0.6 is 31.9 Å². The smallest absolute Gasteiger partial charge is 0.199 e. The predicted octanol–water partition coefficient (Wildman–Crippen LogP) is 4.26. The van der Waals surface area contributed by atoms with Crippen molar-refractivity contribution in [1.29, 1.82) is 0 Å². The molecule has 96 valence electrons. The number of rotatable bonds is 4. The Hall–Kier alpha value is -0.880. The van der Waals surface area contributed by atoms with Gasteiger partial charge in [-0.2, -0.15) is 0 Å². The average Bonchev–Trinajstić information content (AvgIpc) is 2.78. The number of furan rings is 1. The van der Waals surface area contributed by atoms with Crippen molar-refractivity contribution in [3.63, 3.8) is 0 Å². The molecule has 0 atom stereocenters. The molecule has 0 spiro atoms. The Morgan fingerprint density at radius 3 is 2.61 bits per heavy atom. The van der Waals surface area contributed by atoms with Crippen molar-refractivity contribution in [3.8, 4) is 11.6 Å². The van der Waals surface area contributed by atoms with Crippen molar-refractivity contribution >= 4 is 37.7 Å². The monoisotopic (exact) mass is 373 g/mol. The first-order valence-corrected chi connectivity index (χ1v) is 7.29. The lowest BCUT2D eigenvalue weighted by Crippen LogP contribution is -2.05. The summed E-state index contributed by atoms with van der Waals surface area (Å²) >= 11 is 6.95. The molecule has 2 rings (SSSR count). The van der Waals surface area contributed by atoms with E-state index in [1.807, 2.05) is 13.0 Å². The molecule has 2 aromatic rings. The molecular weight excluding hydrogens is 362 g/mol. The third kappa shape index (κ3) is 2.59. The maximum Gasteiger partial charge on any atom is 0.199 e. The highest BCUT2D eigenvalue weighted by atomic mass is 79.9. The fraction of sp³-hybridized carbons (Fsp3) is 0.333. The molecule has 0 aliphatic carbocycles. The van der Waals surface area contributed by atoms with Crippen molar-refractivity contribution in [2.24, 2.45) is 0 Å². The quantitative estimate of drug-likeness (QED) is 0.868. The number of aryl methyl sites for hydroxylation is 1. The van der Waals surface area contributed by atoms with Crippen LogP contribution < -0.4 is 5.32 Å². The van der Waals surface area contributed by atoms with Crippen LogP contribution in [0.2, 0.25) is 0 Å². The topological polar surface area (TPSA) is 51.0 Å². The highest BCUT2D eigenvalue weighted by Crippen LogP contribution is 2.31. The van der Waals surface area contributed by atoms with Crippen molar-refractivity contribution in [2.75, 3.05) is 11.9 Å². The third-order valence-electron chi connectivity index (χ3n) is 2.42. The number of hydrogen-bond acceptors (Lipinski definition) is 4. The van der Waals surface area contributed by atoms with E-state index in [1.54, 1.807) is 6.26 Å². The van der Waals surface area contributed by atoms with Crippen molar-refractivity contribution < 1.29 is 4.42 Å². The summed E-state index contributed by atoms with van der Waals surface area (Å²) < 4.78 is 7.18. The van der Waals surface area contributed by atoms with E-state index in [0.717, 1.165) is 33.4 Å². The average molecular weight is 375 g/mol. The molecule has 0 aliphatic heterocycles. The lowest BCUT2D eigenvalue weighted by Gasteiger charge is -2.10. The number of halogens is 2. The van der Waals surface area contributed by atoms with E-state index in [-0.39, 0.29) is 0 Å². The van der Waals surface area contributed by atoms with E-state index < -0.39 is 0 Å². The van der Waals surface area contributed by atoms with Gasteiger partial charge in [-0.3, -0.25) is 0 Å². The maximum atomic E-state index is 5.41. The van der Waals surface area contributed by atoms with Gasteiger partial charge in [0.25, 0.3) is 0 Å². The summed E-state index contributed by atoms with van der Waals surface area (Å²) in [5, 5.41) is 3.22. The standard InChI is InChI=1S/C12H13Br2N3O/c1-3-8-9(14)11(15-4-2)17-12(16-8)10-7(13)5-6-18-10/h5-6H,3-4H2,1-2H3,(H,15,16,17). The summed E-state index contributed by atoms with van der Waals surface area (Å²) in [5.74, 6) is 2.03. The molecule has 0 aromatic carbocycles. The Balaban J connectivity index is 2.55. The second-order valence-corrected chi connectivity index (χ2v) is 5.29. The highest BCUT2D eigenvalue weighted by molar-refractivity contribution is 9.11. The van der Waals surface area contributed by atoms with Gasteiger partial charge < -0.3 is 9.73 Å². The van der Waals surface area contributed by atoms with Gasteiger partial charge in [0.1, 0.15) is 5.82 Å². The summed E-state index contributed by atoms with van der Waals surface area (Å²) in [6.07, 6.45) is 2.44. The number of nitrogens with zero attached hydrogens (tertiary/aromatic N) is 2. The Kier molecular flexibility index (Phi) is 4.40. The molecule has 0 saturated heterocycles. The van der Waals surface area contributed by atoms with Gasteiger partial charge in [-0.25, -0.2) is 9.97 Å². The number of nitrogens with one attached hydrogen (secondary N) is 1. The molecule has 0 amide bonds. The summed E-state index contributed by atoms with van der Waals surface area (Å²) in [5.41, 5.74) is 0.958. The minimum Gasteiger partial charge on any atom is -0.460 e. The molecule has 0 radical (unpaired) electrons. The predicted molar refractivity (Wildman–Crippen MR) is 78.7 cm³/mol. The van der Waals surface area contributed by atoms with Gasteiger partial charge in [0.15, 0.2) is 11.6 Å². The molecule has 18 heavy (non-hydrogen) atoms. The zero-order chi connectivity index (χ0) is 13.1. The normalized spacial score (nSPS) is 10.7. The van der Waals surface area contributed by atoms with Crippen LogP contribution in [0.15, 0.2) is 25.7 Å². The molecule has 0 saturated carbocycles. The van der Waals surface area contributed by atoms with Crippen LogP contribution in [-0.4, -0.2) is 16.5 Å². The highest BCUT2D eigenvalue weighted by Gasteiger charge is 2.15. The molecule has 1 N–H and O–H groups in total. The van der Waals surface area contributed by atoms with E-state index in [0.29, 0.717) is 11.6 Å². The zero-order valence-electron chi connectivity index (χ0n) is 10.1. The minimum atomic E-state index is 0.586. The fourth-order valence-electron chi connectivity index (χ4n) is 1.57. The summed E-state index contributed by atoms with van der Waals surface area (Å²) in [6.45, 7) is 4.89. The molecule has 0 aliphatic rings. The third-order valence-corrected chi connectivity index (χ3v) is 3.88. The second-order valence-electron chi connectivity index (χ2n) is 3.64. The van der Waals surface area contributed by atoms with Gasteiger partial charge in [0, 0.05) is 6.54 Å². The Bertz CT molecular complexity index is 554. The van der Waals surface area contributed by atoms with Gasteiger partial charge in [-0.05, 0) is 51.3 Å². The van der Waals surface area contributed by atoms with E-state index in [4.69, 9.17) is 4.42 Å². The van der Waals surface area contributed by atoms with Crippen molar-refractivity contribution in [3.05, 3.63) is 27.0 Å². The van der Waals surface area contributed by atoms with Crippen molar-refractivity contribution in [1.82, 2.24) is 9.97 Å². The van der Waals surface area contributed by atoms with Gasteiger partial charge >= 0.3 is 0 Å². The van der Waals surface area contributed by atoms with Crippen LogP contribution in [0.25, 0.3) is 11.6 Å². The second kappa shape index (κ2) is 5.84. The molecule has 0 bridgehead atoms. The zero-order valence-corrected chi connectivity index (χ0v) is 13.3. The number of anilines is 1. The summed E-state index contributed by atoms with van der Waals surface area (Å²) in [6, 6.07) is 1.83.